The molecule has 0 saturated carbocycles. The fourth-order valence-electron chi connectivity index (χ4n) is 15.8. The zero-order valence-corrected chi connectivity index (χ0v) is 55.5. The molecular formula is C88H104N2. The second-order valence-electron chi connectivity index (χ2n) is 26.8. The van der Waals surface area contributed by atoms with E-state index in [0.29, 0.717) is 0 Å². The van der Waals surface area contributed by atoms with Crippen molar-refractivity contribution in [2.24, 2.45) is 0 Å². The Labute approximate surface area is 544 Å². The number of rotatable bonds is 36. The van der Waals surface area contributed by atoms with Gasteiger partial charge in [0.05, 0.1) is 0 Å². The summed E-state index contributed by atoms with van der Waals surface area (Å²) in [7, 11) is 0. The van der Waals surface area contributed by atoms with Crippen molar-refractivity contribution in [3.8, 4) is 44.5 Å². The lowest BCUT2D eigenvalue weighted by Crippen LogP contribution is -2.27. The molecular weight excluding hydrogens is 1080 g/mol. The molecule has 90 heavy (non-hydrogen) atoms. The highest BCUT2D eigenvalue weighted by molar-refractivity contribution is 5.93. The zero-order chi connectivity index (χ0) is 61.8. The Hall–Kier alpha value is -7.42. The molecule has 0 atom stereocenters. The van der Waals surface area contributed by atoms with Gasteiger partial charge in [-0.2, -0.15) is 0 Å². The molecule has 0 heterocycles. The van der Waals surface area contributed by atoms with Crippen molar-refractivity contribution in [2.75, 3.05) is 9.80 Å². The van der Waals surface area contributed by atoms with Crippen LogP contribution in [0.15, 0.2) is 218 Å². The molecule has 0 fully saturated rings. The van der Waals surface area contributed by atoms with Crippen LogP contribution in [0, 0.1) is 0 Å². The van der Waals surface area contributed by atoms with Crippen LogP contribution in [0.1, 0.15) is 230 Å². The molecule has 466 valence electrons. The molecule has 0 unspecified atom stereocenters. The van der Waals surface area contributed by atoms with Gasteiger partial charge in [0.25, 0.3) is 0 Å². The van der Waals surface area contributed by atoms with Gasteiger partial charge in [-0.15, -0.1) is 0 Å². The van der Waals surface area contributed by atoms with Gasteiger partial charge >= 0.3 is 0 Å². The first-order valence-corrected chi connectivity index (χ1v) is 36.0. The molecule has 0 aromatic heterocycles. The number of anilines is 6. The molecule has 0 radical (unpaired) electrons. The molecule has 0 amide bonds. The number of hydrogen-bond acceptors (Lipinski definition) is 2. The van der Waals surface area contributed by atoms with Gasteiger partial charge in [-0.25, -0.2) is 0 Å². The van der Waals surface area contributed by atoms with Gasteiger partial charge in [0, 0.05) is 45.0 Å². The lowest BCUT2D eigenvalue weighted by Gasteiger charge is -2.35. The summed E-state index contributed by atoms with van der Waals surface area (Å²) >= 11 is 0. The lowest BCUT2D eigenvalue weighted by molar-refractivity contribution is 0.394. The smallest absolute Gasteiger partial charge is 0.0465 e. The van der Waals surface area contributed by atoms with Crippen LogP contribution in [-0.4, -0.2) is 0 Å². The van der Waals surface area contributed by atoms with E-state index in [1.807, 2.05) is 0 Å². The van der Waals surface area contributed by atoms with E-state index in [2.05, 4.69) is 256 Å². The first kappa shape index (κ1) is 64.1. The molecule has 2 aliphatic rings. The van der Waals surface area contributed by atoms with E-state index < -0.39 is 0 Å². The summed E-state index contributed by atoms with van der Waals surface area (Å²) in [4.78, 5) is 5.07. The van der Waals surface area contributed by atoms with Crippen molar-refractivity contribution >= 4 is 34.1 Å². The van der Waals surface area contributed by atoms with Crippen molar-refractivity contribution in [1.29, 1.82) is 0 Å². The minimum absolute atomic E-state index is 0.120. The molecule has 0 N–H and O–H groups in total. The molecule has 9 aromatic carbocycles. The first-order valence-electron chi connectivity index (χ1n) is 36.0. The zero-order valence-electron chi connectivity index (χ0n) is 55.5. The van der Waals surface area contributed by atoms with Crippen molar-refractivity contribution in [3.05, 3.63) is 241 Å². The number of para-hydroxylation sites is 2. The molecule has 0 saturated heterocycles. The van der Waals surface area contributed by atoms with E-state index >= 15 is 0 Å². The van der Waals surface area contributed by atoms with Crippen LogP contribution >= 0.6 is 0 Å². The molecule has 2 heteroatoms. The summed E-state index contributed by atoms with van der Waals surface area (Å²) in [5, 5.41) is 0. The first-order chi connectivity index (χ1) is 44.5. The number of fused-ring (bicyclic) bond motifs is 6. The fraction of sp³-hybridized carbons (Fsp3) is 0.386. The quantitative estimate of drug-likeness (QED) is 0.0361. The third-order valence-corrected chi connectivity index (χ3v) is 20.6. The second kappa shape index (κ2) is 32.0. The van der Waals surface area contributed by atoms with Crippen LogP contribution in [-0.2, 0) is 10.8 Å². The summed E-state index contributed by atoms with van der Waals surface area (Å²) in [5.74, 6) is 0. The Morgan fingerprint density at radius 3 is 0.767 bits per heavy atom. The van der Waals surface area contributed by atoms with Crippen molar-refractivity contribution < 1.29 is 0 Å². The van der Waals surface area contributed by atoms with Crippen LogP contribution in [0.2, 0.25) is 0 Å². The Bertz CT molecular complexity index is 3330. The fourth-order valence-corrected chi connectivity index (χ4v) is 15.8. The third-order valence-electron chi connectivity index (χ3n) is 20.6. The molecule has 2 nitrogen and oxygen atoms in total. The maximum atomic E-state index is 2.84. The summed E-state index contributed by atoms with van der Waals surface area (Å²) in [6.07, 6.45) is 35.8. The summed E-state index contributed by atoms with van der Waals surface area (Å²) in [6, 6.07) is 83.9. The van der Waals surface area contributed by atoms with Gasteiger partial charge in [0.15, 0.2) is 0 Å². The van der Waals surface area contributed by atoms with Crippen molar-refractivity contribution in [3.63, 3.8) is 0 Å². The highest BCUT2D eigenvalue weighted by Crippen LogP contribution is 2.62. The van der Waals surface area contributed by atoms with Crippen molar-refractivity contribution in [1.82, 2.24) is 0 Å². The van der Waals surface area contributed by atoms with E-state index in [0.717, 1.165) is 0 Å². The Balaban J connectivity index is 1.09. The average molecular weight is 1190 g/mol. The van der Waals surface area contributed by atoms with Gasteiger partial charge in [-0.3, -0.25) is 0 Å². The van der Waals surface area contributed by atoms with E-state index in [1.165, 1.54) is 258 Å². The van der Waals surface area contributed by atoms with Crippen LogP contribution in [0.3, 0.4) is 0 Å². The molecule has 0 bridgehead atoms. The minimum atomic E-state index is -0.120. The topological polar surface area (TPSA) is 6.48 Å². The maximum absolute atomic E-state index is 2.84. The number of unbranched alkanes of at least 4 members (excludes halogenated alkanes) is 20. The molecule has 9 aromatic rings. The van der Waals surface area contributed by atoms with E-state index in [4.69, 9.17) is 0 Å². The standard InChI is InChI=1S/C88H104N2/c1-5-9-13-17-21-37-61-87(62-38-22-18-14-10-6-2)83-65-77(89(73-45-33-27-34-46-73)75-53-49-71(50-54-75)69-41-29-25-30-42-69)57-59-79(83)81-68-86-82(67-85(81)87)80-60-58-78(66-84(80)88(86,63-39-23-19-15-11-7-3)64-40-24-20-16-12-8-4)90(74-47-35-28-36-48-74)76-55-51-72(52-56-76)70-43-31-26-32-44-70/h25-36,41-60,65-68H,5-24,37-40,61-64H2,1-4H3. The molecule has 0 aliphatic heterocycles. The largest absolute Gasteiger partial charge is 0.310 e. The highest BCUT2D eigenvalue weighted by atomic mass is 15.1. The molecule has 11 rings (SSSR count). The van der Waals surface area contributed by atoms with Gasteiger partial charge in [-0.1, -0.05) is 315 Å². The average Bonchev–Trinajstić information content (AvgIpc) is 1.61. The van der Waals surface area contributed by atoms with Crippen LogP contribution in [0.5, 0.6) is 0 Å². The maximum Gasteiger partial charge on any atom is 0.0465 e. The Morgan fingerprint density at radius 2 is 0.456 bits per heavy atom. The summed E-state index contributed by atoms with van der Waals surface area (Å²) in [6.45, 7) is 9.42. The van der Waals surface area contributed by atoms with Gasteiger partial charge in [0.2, 0.25) is 0 Å². The number of hydrogen-bond donors (Lipinski definition) is 0. The minimum Gasteiger partial charge on any atom is -0.310 e. The van der Waals surface area contributed by atoms with Crippen LogP contribution < -0.4 is 9.80 Å². The summed E-state index contributed by atoms with van der Waals surface area (Å²) in [5.41, 5.74) is 24.3. The molecule has 0 spiro atoms. The predicted octanol–water partition coefficient (Wildman–Crippen LogP) is 27.5. The number of nitrogens with zero attached hydrogens (tertiary/aromatic N) is 2. The Kier molecular flexibility index (Phi) is 22.8. The normalized spacial score (nSPS) is 13.2. The SMILES string of the molecule is CCCCCCCCC1(CCCCCCCC)c2cc(N(c3ccccc3)c3ccc(-c4ccccc4)cc3)ccc2-c2cc3c(cc21)-c1ccc(N(c2ccccc2)c2ccc(-c4ccccc4)cc2)cc1C3(CCCCCCCC)CCCCCCCC. The summed E-state index contributed by atoms with van der Waals surface area (Å²) < 4.78 is 0. The van der Waals surface area contributed by atoms with Gasteiger partial charge < -0.3 is 9.80 Å². The third kappa shape index (κ3) is 14.7. The Morgan fingerprint density at radius 1 is 0.211 bits per heavy atom. The monoisotopic (exact) mass is 1190 g/mol. The van der Waals surface area contributed by atoms with Gasteiger partial charge in [0.1, 0.15) is 0 Å². The number of benzene rings is 9. The van der Waals surface area contributed by atoms with Crippen LogP contribution in [0.25, 0.3) is 44.5 Å². The van der Waals surface area contributed by atoms with E-state index in [1.54, 1.807) is 22.3 Å². The second-order valence-corrected chi connectivity index (χ2v) is 26.8. The van der Waals surface area contributed by atoms with Crippen LogP contribution in [0.4, 0.5) is 34.1 Å². The molecule has 2 aliphatic carbocycles. The van der Waals surface area contributed by atoms with E-state index in [-0.39, 0.29) is 10.8 Å². The predicted molar refractivity (Wildman–Crippen MR) is 391 cm³/mol. The van der Waals surface area contributed by atoms with Crippen molar-refractivity contribution in [2.45, 2.75) is 218 Å². The highest BCUT2D eigenvalue weighted by Gasteiger charge is 2.48. The van der Waals surface area contributed by atoms with Gasteiger partial charge in [-0.05, 0) is 177 Å². The lowest BCUT2D eigenvalue weighted by atomic mass is 9.68. The van der Waals surface area contributed by atoms with E-state index in [9.17, 15) is 0 Å².